The summed E-state index contributed by atoms with van der Waals surface area (Å²) < 4.78 is 5.18. The molecule has 11 heteroatoms. The van der Waals surface area contributed by atoms with E-state index in [1.807, 2.05) is 6.92 Å². The normalized spacial score (nSPS) is 15.9. The van der Waals surface area contributed by atoms with Crippen molar-refractivity contribution in [2.75, 3.05) is 45.9 Å². The van der Waals surface area contributed by atoms with Gasteiger partial charge in [0, 0.05) is 51.8 Å². The molecule has 3 amide bonds. The molecule has 0 aliphatic carbocycles. The number of nitrogens with one attached hydrogen (secondary N) is 1. The largest absolute Gasteiger partial charge is 0.483 e. The second-order valence-corrected chi connectivity index (χ2v) is 6.64. The van der Waals surface area contributed by atoms with Crippen molar-refractivity contribution < 1.29 is 29.0 Å². The van der Waals surface area contributed by atoms with Crippen LogP contribution < -0.4 is 0 Å². The number of nitrogens with zero attached hydrogens (tertiary/aromatic N) is 4. The summed E-state index contributed by atoms with van der Waals surface area (Å²) in [7, 11) is 0. The van der Waals surface area contributed by atoms with E-state index in [0.29, 0.717) is 58.0 Å². The van der Waals surface area contributed by atoms with Gasteiger partial charge in [0.1, 0.15) is 6.61 Å². The third-order valence-corrected chi connectivity index (χ3v) is 4.93. The number of carbonyl (C=O) groups is 4. The Morgan fingerprint density at radius 1 is 1.14 bits per heavy atom. The zero-order valence-corrected chi connectivity index (χ0v) is 16.7. The van der Waals surface area contributed by atoms with Gasteiger partial charge in [-0.05, 0) is 13.3 Å². The minimum atomic E-state index is -0.250. The summed E-state index contributed by atoms with van der Waals surface area (Å²) >= 11 is 0. The first-order valence-corrected chi connectivity index (χ1v) is 9.47. The number of carboxylic acid groups (broad SMARTS) is 1. The molecule has 3 rings (SSSR count). The number of fused-ring (bicyclic) bond motifs is 1. The molecule has 2 aliphatic heterocycles. The summed E-state index contributed by atoms with van der Waals surface area (Å²) in [6.07, 6.45) is 0.595. The predicted octanol–water partition coefficient (Wildman–Crippen LogP) is -0.664. The molecule has 0 spiro atoms. The highest BCUT2D eigenvalue weighted by molar-refractivity contribution is 5.94. The molecular weight excluding hydrogens is 382 g/mol. The summed E-state index contributed by atoms with van der Waals surface area (Å²) in [6.45, 7) is 6.82. The number of aromatic amines is 1. The van der Waals surface area contributed by atoms with Crippen molar-refractivity contribution in [3.8, 4) is 0 Å². The van der Waals surface area contributed by atoms with Gasteiger partial charge in [-0.3, -0.25) is 24.3 Å². The van der Waals surface area contributed by atoms with Crippen LogP contribution in [0.2, 0.25) is 0 Å². The van der Waals surface area contributed by atoms with Gasteiger partial charge in [0.15, 0.2) is 5.69 Å². The van der Waals surface area contributed by atoms with Crippen molar-refractivity contribution >= 4 is 24.2 Å². The van der Waals surface area contributed by atoms with Crippen LogP contribution >= 0.6 is 0 Å². The van der Waals surface area contributed by atoms with Crippen LogP contribution in [-0.4, -0.2) is 100 Å². The average Bonchev–Trinajstić information content (AvgIpc) is 3.15. The van der Waals surface area contributed by atoms with Gasteiger partial charge in [0.25, 0.3) is 12.4 Å². The molecule has 1 saturated heterocycles. The van der Waals surface area contributed by atoms with Crippen LogP contribution in [0.5, 0.6) is 0 Å². The maximum Gasteiger partial charge on any atom is 0.290 e. The van der Waals surface area contributed by atoms with Crippen molar-refractivity contribution in [1.29, 1.82) is 0 Å². The molecule has 0 radical (unpaired) electrons. The highest BCUT2D eigenvalue weighted by atomic mass is 16.5. The van der Waals surface area contributed by atoms with Gasteiger partial charge < -0.3 is 24.5 Å². The van der Waals surface area contributed by atoms with Gasteiger partial charge in [-0.2, -0.15) is 5.10 Å². The number of piperazine rings is 1. The Kier molecular flexibility index (Phi) is 8.13. The summed E-state index contributed by atoms with van der Waals surface area (Å²) in [5, 5.41) is 14.0. The van der Waals surface area contributed by atoms with Crippen LogP contribution in [-0.2, 0) is 32.1 Å². The summed E-state index contributed by atoms with van der Waals surface area (Å²) in [4.78, 5) is 49.9. The maximum absolute atomic E-state index is 12.8. The second-order valence-electron chi connectivity index (χ2n) is 6.64. The third-order valence-electron chi connectivity index (χ3n) is 4.93. The smallest absolute Gasteiger partial charge is 0.290 e. The number of hydrogen-bond acceptors (Lipinski definition) is 6. The Hall–Kier alpha value is -2.95. The Labute approximate surface area is 168 Å². The van der Waals surface area contributed by atoms with Gasteiger partial charge >= 0.3 is 0 Å². The Morgan fingerprint density at radius 3 is 2.34 bits per heavy atom. The zero-order valence-electron chi connectivity index (χ0n) is 16.7. The second kappa shape index (κ2) is 10.6. The van der Waals surface area contributed by atoms with Gasteiger partial charge in [-0.25, -0.2) is 0 Å². The highest BCUT2D eigenvalue weighted by Gasteiger charge is 2.31. The molecule has 0 unspecified atom stereocenters. The van der Waals surface area contributed by atoms with Crippen molar-refractivity contribution in [3.63, 3.8) is 0 Å². The van der Waals surface area contributed by atoms with Gasteiger partial charge in [-0.15, -0.1) is 0 Å². The molecule has 0 aromatic carbocycles. The molecule has 0 saturated carbocycles. The molecule has 0 bridgehead atoms. The van der Waals surface area contributed by atoms with Crippen LogP contribution in [0.1, 0.15) is 35.6 Å². The molecule has 29 heavy (non-hydrogen) atoms. The number of ether oxygens (including phenoxy) is 1. The average molecular weight is 409 g/mol. The lowest BCUT2D eigenvalue weighted by molar-refractivity contribution is -0.137. The van der Waals surface area contributed by atoms with E-state index in [2.05, 4.69) is 10.2 Å². The fourth-order valence-corrected chi connectivity index (χ4v) is 3.36. The molecule has 11 nitrogen and oxygen atoms in total. The molecular formula is C18H27N5O6. The lowest BCUT2D eigenvalue weighted by Crippen LogP contribution is -2.50. The molecule has 1 aromatic heterocycles. The number of aromatic nitrogens is 2. The summed E-state index contributed by atoms with van der Waals surface area (Å²) in [5.74, 6) is -0.133. The number of H-pyrrole nitrogens is 1. The fourth-order valence-electron chi connectivity index (χ4n) is 3.36. The molecule has 160 valence electrons. The number of rotatable bonds is 4. The molecule has 2 N–H and O–H groups in total. The molecule has 1 fully saturated rings. The van der Waals surface area contributed by atoms with Crippen LogP contribution in [0.25, 0.3) is 0 Å². The topological polar surface area (TPSA) is 136 Å². The minimum absolute atomic E-state index is 0.0334. The van der Waals surface area contributed by atoms with Crippen LogP contribution in [0, 0.1) is 0 Å². The highest BCUT2D eigenvalue weighted by Crippen LogP contribution is 2.22. The number of hydrogen-bond donors (Lipinski definition) is 2. The standard InChI is InChI=1S/C17H25N5O4.CH2O2/c1-3-26-11-15(24)22-5-4-13-14(10-22)18-19-16(13)17(25)21-8-6-20(7-9-21)12(2)23;2-1-3/h3-11H2,1-2H3,(H,18,19);1H,(H,2,3). The van der Waals surface area contributed by atoms with E-state index >= 15 is 0 Å². The van der Waals surface area contributed by atoms with Gasteiger partial charge in [0.05, 0.1) is 12.2 Å². The maximum atomic E-state index is 12.8. The first-order chi connectivity index (χ1) is 13.9. The number of carbonyl (C=O) groups excluding carboxylic acids is 3. The van der Waals surface area contributed by atoms with Gasteiger partial charge in [0.2, 0.25) is 11.8 Å². The van der Waals surface area contributed by atoms with E-state index < -0.39 is 0 Å². The summed E-state index contributed by atoms with van der Waals surface area (Å²) in [5.41, 5.74) is 2.14. The first kappa shape index (κ1) is 22.3. The Morgan fingerprint density at radius 2 is 1.76 bits per heavy atom. The Bertz CT molecular complexity index is 741. The molecule has 3 heterocycles. The predicted molar refractivity (Wildman–Crippen MR) is 101 cm³/mol. The van der Waals surface area contributed by atoms with E-state index in [-0.39, 0.29) is 30.8 Å². The van der Waals surface area contributed by atoms with Crippen molar-refractivity contribution in [2.45, 2.75) is 26.8 Å². The molecule has 0 atom stereocenters. The minimum Gasteiger partial charge on any atom is -0.483 e. The van der Waals surface area contributed by atoms with Crippen LogP contribution in [0.15, 0.2) is 0 Å². The van der Waals surface area contributed by atoms with Crippen LogP contribution in [0.3, 0.4) is 0 Å². The molecule has 1 aromatic rings. The van der Waals surface area contributed by atoms with Crippen molar-refractivity contribution in [3.05, 3.63) is 17.0 Å². The lowest BCUT2D eigenvalue weighted by atomic mass is 10.0. The third kappa shape index (κ3) is 5.53. The zero-order chi connectivity index (χ0) is 21.4. The Balaban J connectivity index is 0.000000941. The van der Waals surface area contributed by atoms with E-state index in [1.54, 1.807) is 21.6 Å². The van der Waals surface area contributed by atoms with Gasteiger partial charge in [-0.1, -0.05) is 0 Å². The number of amides is 3. The first-order valence-electron chi connectivity index (χ1n) is 9.47. The van der Waals surface area contributed by atoms with Crippen LogP contribution in [0.4, 0.5) is 0 Å². The van der Waals surface area contributed by atoms with Crippen molar-refractivity contribution in [1.82, 2.24) is 24.9 Å². The molecule has 2 aliphatic rings. The SMILES string of the molecule is CCOCC(=O)N1CCc2c(C(=O)N3CCN(C(C)=O)CC3)n[nH]c2C1.O=CO. The van der Waals surface area contributed by atoms with E-state index in [1.165, 1.54) is 0 Å². The summed E-state index contributed by atoms with van der Waals surface area (Å²) in [6, 6.07) is 0. The monoisotopic (exact) mass is 409 g/mol. The van der Waals surface area contributed by atoms with E-state index in [0.717, 1.165) is 11.3 Å². The van der Waals surface area contributed by atoms with E-state index in [4.69, 9.17) is 14.6 Å². The quantitative estimate of drug-likeness (QED) is 0.630. The van der Waals surface area contributed by atoms with Crippen molar-refractivity contribution in [2.24, 2.45) is 0 Å². The van der Waals surface area contributed by atoms with E-state index in [9.17, 15) is 14.4 Å². The fraction of sp³-hybridized carbons (Fsp3) is 0.611. The lowest BCUT2D eigenvalue weighted by Gasteiger charge is -2.34.